The fourth-order valence-electron chi connectivity index (χ4n) is 1.36. The lowest BCUT2D eigenvalue weighted by Crippen LogP contribution is -2.31. The molecule has 0 radical (unpaired) electrons. The topological polar surface area (TPSA) is 52.6 Å². The monoisotopic (exact) mass is 218 g/mol. The van der Waals surface area contributed by atoms with Crippen LogP contribution >= 0.6 is 11.8 Å². The average Bonchev–Trinajstić information content (AvgIpc) is 2.13. The minimum atomic E-state index is -0.181. The standard InChI is InChI=1S/C9H14O4S/c1-12-8(10)4-6-3-7(14-6)5-9(11)13-2/h6-7H,3-5H2,1-2H3. The molecule has 2 atom stereocenters. The van der Waals surface area contributed by atoms with Crippen LogP contribution in [0.25, 0.3) is 0 Å². The number of carbonyl (C=O) groups excluding carboxylic acids is 2. The van der Waals surface area contributed by atoms with E-state index in [2.05, 4.69) is 9.47 Å². The first kappa shape index (κ1) is 11.4. The lowest BCUT2D eigenvalue weighted by molar-refractivity contribution is -0.140. The first-order valence-corrected chi connectivity index (χ1v) is 5.39. The molecule has 2 unspecified atom stereocenters. The van der Waals surface area contributed by atoms with E-state index in [4.69, 9.17) is 0 Å². The summed E-state index contributed by atoms with van der Waals surface area (Å²) in [5, 5.41) is 0.634. The van der Waals surface area contributed by atoms with Crippen molar-refractivity contribution in [2.75, 3.05) is 14.2 Å². The average molecular weight is 218 g/mol. The third-order valence-electron chi connectivity index (χ3n) is 2.15. The van der Waals surface area contributed by atoms with E-state index < -0.39 is 0 Å². The van der Waals surface area contributed by atoms with Crippen molar-refractivity contribution in [1.82, 2.24) is 0 Å². The van der Waals surface area contributed by atoms with Crippen LogP contribution in [0.15, 0.2) is 0 Å². The van der Waals surface area contributed by atoms with Crippen LogP contribution in [0.5, 0.6) is 0 Å². The van der Waals surface area contributed by atoms with Crippen LogP contribution < -0.4 is 0 Å². The van der Waals surface area contributed by atoms with Gasteiger partial charge in [0.05, 0.1) is 27.1 Å². The van der Waals surface area contributed by atoms with Crippen LogP contribution in [0.1, 0.15) is 19.3 Å². The normalized spacial score (nSPS) is 25.0. The zero-order valence-corrected chi connectivity index (χ0v) is 9.13. The molecule has 0 saturated carbocycles. The minimum absolute atomic E-state index is 0.181. The van der Waals surface area contributed by atoms with Gasteiger partial charge in [0.1, 0.15) is 0 Å². The molecule has 14 heavy (non-hydrogen) atoms. The second-order valence-electron chi connectivity index (χ2n) is 3.18. The smallest absolute Gasteiger partial charge is 0.306 e. The summed E-state index contributed by atoms with van der Waals surface area (Å²) in [6.45, 7) is 0. The molecule has 5 heteroatoms. The highest BCUT2D eigenvalue weighted by atomic mass is 32.2. The van der Waals surface area contributed by atoms with Crippen LogP contribution in [-0.4, -0.2) is 36.7 Å². The highest BCUT2D eigenvalue weighted by Gasteiger charge is 2.33. The molecule has 1 fully saturated rings. The number of thioether (sulfide) groups is 1. The molecule has 1 aliphatic heterocycles. The zero-order chi connectivity index (χ0) is 10.6. The Morgan fingerprint density at radius 3 is 1.79 bits per heavy atom. The van der Waals surface area contributed by atoms with Crippen LogP contribution in [-0.2, 0) is 19.1 Å². The van der Waals surface area contributed by atoms with Crippen LogP contribution in [0.2, 0.25) is 0 Å². The van der Waals surface area contributed by atoms with Gasteiger partial charge in [-0.2, -0.15) is 11.8 Å². The predicted molar refractivity (Wildman–Crippen MR) is 53.1 cm³/mol. The van der Waals surface area contributed by atoms with Crippen molar-refractivity contribution in [1.29, 1.82) is 0 Å². The number of rotatable bonds is 4. The summed E-state index contributed by atoms with van der Waals surface area (Å²) in [5.41, 5.74) is 0. The van der Waals surface area contributed by atoms with E-state index in [-0.39, 0.29) is 11.9 Å². The summed E-state index contributed by atoms with van der Waals surface area (Å²) in [5.74, 6) is -0.363. The molecule has 0 aliphatic carbocycles. The van der Waals surface area contributed by atoms with Gasteiger partial charge in [-0.15, -0.1) is 0 Å². The van der Waals surface area contributed by atoms with Crippen molar-refractivity contribution in [2.45, 2.75) is 29.8 Å². The Hall–Kier alpha value is -0.710. The molecule has 4 nitrogen and oxygen atoms in total. The van der Waals surface area contributed by atoms with Crippen LogP contribution in [0.3, 0.4) is 0 Å². The molecule has 0 aromatic rings. The molecule has 0 amide bonds. The lowest BCUT2D eigenvalue weighted by Gasteiger charge is -2.33. The van der Waals surface area contributed by atoms with E-state index in [1.165, 1.54) is 14.2 Å². The van der Waals surface area contributed by atoms with E-state index in [9.17, 15) is 9.59 Å². The van der Waals surface area contributed by atoms with Crippen molar-refractivity contribution in [3.8, 4) is 0 Å². The van der Waals surface area contributed by atoms with Crippen molar-refractivity contribution in [2.24, 2.45) is 0 Å². The van der Waals surface area contributed by atoms with Crippen molar-refractivity contribution >= 4 is 23.7 Å². The van der Waals surface area contributed by atoms with Gasteiger partial charge in [-0.1, -0.05) is 0 Å². The summed E-state index contributed by atoms with van der Waals surface area (Å²) < 4.78 is 9.10. The number of methoxy groups -OCH3 is 2. The summed E-state index contributed by atoms with van der Waals surface area (Å²) >= 11 is 1.66. The zero-order valence-electron chi connectivity index (χ0n) is 8.32. The number of hydrogen-bond acceptors (Lipinski definition) is 5. The fraction of sp³-hybridized carbons (Fsp3) is 0.778. The maximum atomic E-state index is 10.9. The van der Waals surface area contributed by atoms with E-state index in [1.807, 2.05) is 0 Å². The third kappa shape index (κ3) is 3.21. The largest absolute Gasteiger partial charge is 0.469 e. The van der Waals surface area contributed by atoms with Gasteiger partial charge in [0, 0.05) is 10.5 Å². The van der Waals surface area contributed by atoms with Gasteiger partial charge >= 0.3 is 11.9 Å². The predicted octanol–water partition coefficient (Wildman–Crippen LogP) is 0.987. The summed E-state index contributed by atoms with van der Waals surface area (Å²) in [6, 6.07) is 0. The molecule has 1 rings (SSSR count). The summed E-state index contributed by atoms with van der Waals surface area (Å²) in [7, 11) is 2.77. The molecular formula is C9H14O4S. The van der Waals surface area contributed by atoms with Crippen LogP contribution in [0, 0.1) is 0 Å². The number of carbonyl (C=O) groups is 2. The van der Waals surface area contributed by atoms with E-state index in [0.29, 0.717) is 23.3 Å². The van der Waals surface area contributed by atoms with Crippen molar-refractivity contribution in [3.05, 3.63) is 0 Å². The quantitative estimate of drug-likeness (QED) is 0.658. The van der Waals surface area contributed by atoms with Crippen LogP contribution in [0.4, 0.5) is 0 Å². The number of esters is 2. The molecule has 0 spiro atoms. The van der Waals surface area contributed by atoms with Gasteiger partial charge in [0.25, 0.3) is 0 Å². The molecule has 1 heterocycles. The Labute approximate surface area is 87.3 Å². The summed E-state index contributed by atoms with van der Waals surface area (Å²) in [4.78, 5) is 21.7. The second kappa shape index (κ2) is 5.24. The van der Waals surface area contributed by atoms with Gasteiger partial charge in [-0.3, -0.25) is 9.59 Å². The fourth-order valence-corrected chi connectivity index (χ4v) is 2.69. The Kier molecular flexibility index (Phi) is 4.25. The van der Waals surface area contributed by atoms with Gasteiger partial charge in [-0.05, 0) is 6.42 Å². The summed E-state index contributed by atoms with van der Waals surface area (Å²) in [6.07, 6.45) is 1.78. The highest BCUT2D eigenvalue weighted by Crippen LogP contribution is 2.40. The van der Waals surface area contributed by atoms with Gasteiger partial charge in [0.15, 0.2) is 0 Å². The minimum Gasteiger partial charge on any atom is -0.469 e. The Morgan fingerprint density at radius 2 is 1.50 bits per heavy atom. The maximum Gasteiger partial charge on any atom is 0.306 e. The SMILES string of the molecule is COC(=O)CC1CC(CC(=O)OC)S1. The first-order valence-electron chi connectivity index (χ1n) is 4.44. The van der Waals surface area contributed by atoms with E-state index in [1.54, 1.807) is 11.8 Å². The van der Waals surface area contributed by atoms with Crippen molar-refractivity contribution < 1.29 is 19.1 Å². The Balaban J connectivity index is 2.11. The number of ether oxygens (including phenoxy) is 2. The van der Waals surface area contributed by atoms with E-state index in [0.717, 1.165) is 6.42 Å². The second-order valence-corrected chi connectivity index (χ2v) is 4.78. The maximum absolute atomic E-state index is 10.9. The first-order chi connectivity index (χ1) is 6.65. The Morgan fingerprint density at radius 1 is 1.14 bits per heavy atom. The third-order valence-corrected chi connectivity index (χ3v) is 3.64. The molecule has 0 aromatic carbocycles. The lowest BCUT2D eigenvalue weighted by atomic mass is 10.1. The molecule has 0 N–H and O–H groups in total. The van der Waals surface area contributed by atoms with Gasteiger partial charge < -0.3 is 9.47 Å². The molecular weight excluding hydrogens is 204 g/mol. The van der Waals surface area contributed by atoms with Crippen molar-refractivity contribution in [3.63, 3.8) is 0 Å². The molecule has 0 aromatic heterocycles. The molecule has 1 aliphatic rings. The van der Waals surface area contributed by atoms with E-state index >= 15 is 0 Å². The van der Waals surface area contributed by atoms with Gasteiger partial charge in [-0.25, -0.2) is 0 Å². The highest BCUT2D eigenvalue weighted by molar-refractivity contribution is 8.01. The molecule has 1 saturated heterocycles. The number of hydrogen-bond donors (Lipinski definition) is 0. The molecule has 80 valence electrons. The Bertz CT molecular complexity index is 201. The van der Waals surface area contributed by atoms with Gasteiger partial charge in [0.2, 0.25) is 0 Å². The molecule has 0 bridgehead atoms.